The molecule has 0 spiro atoms. The Labute approximate surface area is 112 Å². The Morgan fingerprint density at radius 2 is 2.05 bits per heavy atom. The summed E-state index contributed by atoms with van der Waals surface area (Å²) in [5.41, 5.74) is 4.95. The Hall–Kier alpha value is -1.57. The van der Waals surface area contributed by atoms with Crippen LogP contribution in [-0.4, -0.2) is 22.4 Å². The van der Waals surface area contributed by atoms with E-state index < -0.39 is 17.9 Å². The Morgan fingerprint density at radius 3 is 2.63 bits per heavy atom. The average molecular weight is 297 g/mol. The van der Waals surface area contributed by atoms with Crippen LogP contribution in [0.15, 0.2) is 6.07 Å². The summed E-state index contributed by atoms with van der Waals surface area (Å²) in [6, 6.07) is 1.20. The van der Waals surface area contributed by atoms with Gasteiger partial charge in [0.25, 0.3) is 0 Å². The van der Waals surface area contributed by atoms with Gasteiger partial charge in [-0.25, -0.2) is 9.97 Å². The largest absolute Gasteiger partial charge is 0.451 e. The first-order valence-electron chi connectivity index (χ1n) is 5.43. The fourth-order valence-electron chi connectivity index (χ4n) is 1.28. The quantitative estimate of drug-likeness (QED) is 0.623. The van der Waals surface area contributed by atoms with Crippen LogP contribution in [0.2, 0.25) is 5.15 Å². The lowest BCUT2D eigenvalue weighted by atomic mass is 10.2. The van der Waals surface area contributed by atoms with Crippen LogP contribution in [0.4, 0.5) is 19.0 Å². The zero-order valence-corrected chi connectivity index (χ0v) is 10.6. The molecule has 0 aliphatic heterocycles. The molecule has 0 unspecified atom stereocenters. The molecule has 0 saturated carbocycles. The predicted octanol–water partition coefficient (Wildman–Crippen LogP) is 2.22. The van der Waals surface area contributed by atoms with Crippen molar-refractivity contribution in [1.82, 2.24) is 9.97 Å². The third-order valence-electron chi connectivity index (χ3n) is 2.10. The zero-order chi connectivity index (χ0) is 14.5. The molecule has 1 heterocycles. The minimum atomic E-state index is -4.65. The number of carbonyl (C=O) groups excluding carboxylic acids is 1. The molecule has 0 saturated heterocycles. The molecule has 0 bridgehead atoms. The summed E-state index contributed by atoms with van der Waals surface area (Å²) >= 11 is 5.49. The Bertz CT molecular complexity index is 453. The molecule has 1 aromatic rings. The lowest BCUT2D eigenvalue weighted by Crippen LogP contribution is -2.14. The smallest absolute Gasteiger partial charge is 0.370 e. The molecule has 0 aliphatic rings. The number of nitrogens with one attached hydrogen (secondary N) is 1. The van der Waals surface area contributed by atoms with E-state index >= 15 is 0 Å². The van der Waals surface area contributed by atoms with Crippen LogP contribution < -0.4 is 11.1 Å². The molecule has 9 heteroatoms. The molecule has 0 aromatic carbocycles. The first-order valence-corrected chi connectivity index (χ1v) is 5.81. The summed E-state index contributed by atoms with van der Waals surface area (Å²) in [6.07, 6.45) is -3.29. The van der Waals surface area contributed by atoms with Crippen molar-refractivity contribution in [1.29, 1.82) is 0 Å². The van der Waals surface area contributed by atoms with Crippen LogP contribution in [-0.2, 0) is 11.0 Å². The lowest BCUT2D eigenvalue weighted by molar-refractivity contribution is -0.144. The van der Waals surface area contributed by atoms with Crippen LogP contribution in [0.5, 0.6) is 0 Å². The number of carbonyl (C=O) groups is 1. The molecule has 0 atom stereocenters. The minimum Gasteiger partial charge on any atom is -0.370 e. The second-order valence-electron chi connectivity index (χ2n) is 3.75. The molecule has 0 fully saturated rings. The fourth-order valence-corrected chi connectivity index (χ4v) is 1.46. The van der Waals surface area contributed by atoms with E-state index in [0.29, 0.717) is 19.4 Å². The third-order valence-corrected chi connectivity index (χ3v) is 2.30. The molecule has 19 heavy (non-hydrogen) atoms. The number of amides is 1. The number of nitrogens with zero attached hydrogens (tertiary/aromatic N) is 2. The van der Waals surface area contributed by atoms with Crippen LogP contribution in [0, 0.1) is 0 Å². The molecule has 106 valence electrons. The molecular weight excluding hydrogens is 285 g/mol. The molecular formula is C10H12ClF3N4O. The van der Waals surface area contributed by atoms with Gasteiger partial charge in [-0.15, -0.1) is 0 Å². The standard InChI is InChI=1S/C10H12ClF3N4O/c11-6-5-8(16-4-2-1-3-7(15)19)18-9(17-6)10(12,13)14/h5H,1-4H2,(H2,15,19)(H,16,17,18). The number of alkyl halides is 3. The van der Waals surface area contributed by atoms with Crippen molar-refractivity contribution in [3.63, 3.8) is 0 Å². The maximum atomic E-state index is 12.4. The summed E-state index contributed by atoms with van der Waals surface area (Å²) in [7, 11) is 0. The van der Waals surface area contributed by atoms with E-state index in [-0.39, 0.29) is 17.4 Å². The number of anilines is 1. The minimum absolute atomic E-state index is 0.00796. The van der Waals surface area contributed by atoms with Gasteiger partial charge in [-0.3, -0.25) is 4.79 Å². The summed E-state index contributed by atoms with van der Waals surface area (Å²) in [6.45, 7) is 0.359. The van der Waals surface area contributed by atoms with Gasteiger partial charge >= 0.3 is 6.18 Å². The zero-order valence-electron chi connectivity index (χ0n) is 9.80. The Kier molecular flexibility index (Phi) is 5.34. The van der Waals surface area contributed by atoms with Gasteiger partial charge < -0.3 is 11.1 Å². The number of hydrogen-bond donors (Lipinski definition) is 2. The van der Waals surface area contributed by atoms with Crippen LogP contribution in [0.3, 0.4) is 0 Å². The van der Waals surface area contributed by atoms with Gasteiger partial charge in [0.1, 0.15) is 11.0 Å². The van der Waals surface area contributed by atoms with E-state index in [1.165, 1.54) is 6.07 Å². The monoisotopic (exact) mass is 296 g/mol. The molecule has 0 aliphatic carbocycles. The molecule has 5 nitrogen and oxygen atoms in total. The highest BCUT2D eigenvalue weighted by atomic mass is 35.5. The first-order chi connectivity index (χ1) is 8.79. The Balaban J connectivity index is 2.54. The Morgan fingerprint density at radius 1 is 1.37 bits per heavy atom. The van der Waals surface area contributed by atoms with E-state index in [1.807, 2.05) is 0 Å². The number of unbranched alkanes of at least 4 members (excludes halogenated alkanes) is 1. The van der Waals surface area contributed by atoms with Gasteiger partial charge in [0.05, 0.1) is 0 Å². The lowest BCUT2D eigenvalue weighted by Gasteiger charge is -2.09. The van der Waals surface area contributed by atoms with Gasteiger partial charge in [-0.05, 0) is 12.8 Å². The van der Waals surface area contributed by atoms with Crippen molar-refractivity contribution in [2.24, 2.45) is 5.73 Å². The highest BCUT2D eigenvalue weighted by Gasteiger charge is 2.35. The van der Waals surface area contributed by atoms with Gasteiger partial charge in [-0.1, -0.05) is 11.6 Å². The van der Waals surface area contributed by atoms with Gasteiger partial charge in [-0.2, -0.15) is 13.2 Å². The SMILES string of the molecule is NC(=O)CCCCNc1cc(Cl)nc(C(F)(F)F)n1. The van der Waals surface area contributed by atoms with Crippen molar-refractivity contribution in [3.8, 4) is 0 Å². The van der Waals surface area contributed by atoms with Crippen molar-refractivity contribution in [3.05, 3.63) is 17.0 Å². The van der Waals surface area contributed by atoms with Gasteiger partial charge in [0, 0.05) is 19.0 Å². The summed E-state index contributed by atoms with van der Waals surface area (Å²) in [5, 5.41) is 2.39. The molecule has 3 N–H and O–H groups in total. The van der Waals surface area contributed by atoms with Crippen molar-refractivity contribution in [2.45, 2.75) is 25.4 Å². The van der Waals surface area contributed by atoms with Gasteiger partial charge in [0.15, 0.2) is 0 Å². The van der Waals surface area contributed by atoms with Crippen molar-refractivity contribution < 1.29 is 18.0 Å². The number of primary amides is 1. The molecule has 1 rings (SSSR count). The van der Waals surface area contributed by atoms with Crippen molar-refractivity contribution in [2.75, 3.05) is 11.9 Å². The van der Waals surface area contributed by atoms with E-state index in [9.17, 15) is 18.0 Å². The topological polar surface area (TPSA) is 80.9 Å². The number of aromatic nitrogens is 2. The summed E-state index contributed by atoms with van der Waals surface area (Å²) in [5.74, 6) is -1.71. The second-order valence-corrected chi connectivity index (χ2v) is 4.13. The number of nitrogens with two attached hydrogens (primary N) is 1. The molecule has 1 amide bonds. The van der Waals surface area contributed by atoms with Crippen molar-refractivity contribution >= 4 is 23.3 Å². The normalized spacial score (nSPS) is 11.4. The maximum Gasteiger partial charge on any atom is 0.451 e. The summed E-state index contributed by atoms with van der Waals surface area (Å²) < 4.78 is 37.3. The van der Waals surface area contributed by atoms with Crippen LogP contribution in [0.1, 0.15) is 25.1 Å². The molecule has 0 radical (unpaired) electrons. The van der Waals surface area contributed by atoms with E-state index in [1.54, 1.807) is 0 Å². The maximum absolute atomic E-state index is 12.4. The van der Waals surface area contributed by atoms with E-state index in [0.717, 1.165) is 0 Å². The summed E-state index contributed by atoms with van der Waals surface area (Å²) in [4.78, 5) is 16.9. The highest BCUT2D eigenvalue weighted by molar-refractivity contribution is 6.29. The second kappa shape index (κ2) is 6.55. The van der Waals surface area contributed by atoms with Crippen LogP contribution in [0.25, 0.3) is 0 Å². The predicted molar refractivity (Wildman–Crippen MR) is 63.6 cm³/mol. The first kappa shape index (κ1) is 15.5. The van der Waals surface area contributed by atoms with E-state index in [4.69, 9.17) is 17.3 Å². The van der Waals surface area contributed by atoms with Gasteiger partial charge in [0.2, 0.25) is 11.7 Å². The number of hydrogen-bond acceptors (Lipinski definition) is 4. The van der Waals surface area contributed by atoms with E-state index in [2.05, 4.69) is 15.3 Å². The third kappa shape index (κ3) is 5.73. The fraction of sp³-hybridized carbons (Fsp3) is 0.500. The molecule has 1 aromatic heterocycles. The number of rotatable bonds is 6. The highest BCUT2D eigenvalue weighted by Crippen LogP contribution is 2.28. The van der Waals surface area contributed by atoms with Crippen LogP contribution >= 0.6 is 11.6 Å². The number of halogens is 4. The average Bonchev–Trinajstić information content (AvgIpc) is 2.26.